The molecular formula is C17H14Cl2N2O5. The largest absolute Gasteiger partial charge is 0.486 e. The summed E-state index contributed by atoms with van der Waals surface area (Å²) in [7, 11) is 0. The van der Waals surface area contributed by atoms with Crippen LogP contribution in [0.5, 0.6) is 17.2 Å². The van der Waals surface area contributed by atoms with Gasteiger partial charge in [0.15, 0.2) is 18.1 Å². The molecule has 26 heavy (non-hydrogen) atoms. The van der Waals surface area contributed by atoms with Crippen molar-refractivity contribution < 1.29 is 23.8 Å². The molecule has 0 radical (unpaired) electrons. The average molecular weight is 397 g/mol. The molecule has 2 N–H and O–H groups in total. The van der Waals surface area contributed by atoms with Gasteiger partial charge in [-0.1, -0.05) is 23.2 Å². The molecule has 3 amide bonds. The zero-order chi connectivity index (χ0) is 18.5. The molecule has 1 aliphatic rings. The number of hydrogen-bond donors (Lipinski definition) is 2. The normalized spacial score (nSPS) is 12.2. The first-order valence-corrected chi connectivity index (χ1v) is 8.35. The highest BCUT2D eigenvalue weighted by atomic mass is 35.5. The van der Waals surface area contributed by atoms with Gasteiger partial charge in [0.1, 0.15) is 19.0 Å². The van der Waals surface area contributed by atoms with Crippen LogP contribution in [0.1, 0.15) is 0 Å². The number of ether oxygens (including phenoxy) is 3. The van der Waals surface area contributed by atoms with Crippen LogP contribution in [0.2, 0.25) is 10.0 Å². The van der Waals surface area contributed by atoms with E-state index in [4.69, 9.17) is 37.4 Å². The summed E-state index contributed by atoms with van der Waals surface area (Å²) in [6, 6.07) is 8.84. The van der Waals surface area contributed by atoms with E-state index in [0.29, 0.717) is 41.2 Å². The van der Waals surface area contributed by atoms with Gasteiger partial charge in [-0.15, -0.1) is 0 Å². The van der Waals surface area contributed by atoms with Gasteiger partial charge < -0.3 is 19.5 Å². The number of anilines is 1. The summed E-state index contributed by atoms with van der Waals surface area (Å²) in [5.74, 6) is 0.789. The predicted octanol–water partition coefficient (Wildman–Crippen LogP) is 3.49. The maximum Gasteiger partial charge on any atom is 0.325 e. The smallest absolute Gasteiger partial charge is 0.325 e. The highest BCUT2D eigenvalue weighted by molar-refractivity contribution is 6.35. The van der Waals surface area contributed by atoms with Crippen LogP contribution < -0.4 is 24.8 Å². The van der Waals surface area contributed by atoms with Crippen LogP contribution in [-0.4, -0.2) is 31.8 Å². The van der Waals surface area contributed by atoms with Crippen LogP contribution in [0.15, 0.2) is 36.4 Å². The Morgan fingerprint density at radius 2 is 1.81 bits per heavy atom. The monoisotopic (exact) mass is 396 g/mol. The van der Waals surface area contributed by atoms with E-state index in [1.165, 1.54) is 12.1 Å². The first-order chi connectivity index (χ1) is 12.5. The molecule has 0 unspecified atom stereocenters. The summed E-state index contributed by atoms with van der Waals surface area (Å²) in [5, 5.41) is 5.41. The molecule has 1 heterocycles. The molecule has 1 aliphatic heterocycles. The highest BCUT2D eigenvalue weighted by Gasteiger charge is 2.14. The van der Waals surface area contributed by atoms with Crippen LogP contribution in [-0.2, 0) is 4.79 Å². The van der Waals surface area contributed by atoms with E-state index in [-0.39, 0.29) is 11.6 Å². The second-order valence-electron chi connectivity index (χ2n) is 5.22. The van der Waals surface area contributed by atoms with Crippen molar-refractivity contribution in [3.05, 3.63) is 46.4 Å². The molecule has 0 bridgehead atoms. The number of halogens is 2. The van der Waals surface area contributed by atoms with Crippen LogP contribution in [0.4, 0.5) is 10.5 Å². The highest BCUT2D eigenvalue weighted by Crippen LogP contribution is 2.32. The molecule has 7 nitrogen and oxygen atoms in total. The minimum Gasteiger partial charge on any atom is -0.486 e. The molecule has 0 aliphatic carbocycles. The number of urea groups is 1. The number of hydrogen-bond acceptors (Lipinski definition) is 5. The zero-order valence-corrected chi connectivity index (χ0v) is 14.9. The number of benzene rings is 2. The molecule has 0 fully saturated rings. The third kappa shape index (κ3) is 4.71. The van der Waals surface area contributed by atoms with Crippen molar-refractivity contribution in [2.24, 2.45) is 0 Å². The van der Waals surface area contributed by atoms with Gasteiger partial charge in [0.2, 0.25) is 0 Å². The zero-order valence-electron chi connectivity index (χ0n) is 13.4. The van der Waals surface area contributed by atoms with E-state index < -0.39 is 11.9 Å². The number of carbonyl (C=O) groups excluding carboxylic acids is 2. The number of imide groups is 1. The summed E-state index contributed by atoms with van der Waals surface area (Å²) in [6.45, 7) is 0.536. The Hall–Kier alpha value is -2.64. The van der Waals surface area contributed by atoms with Crippen molar-refractivity contribution in [3.63, 3.8) is 0 Å². The van der Waals surface area contributed by atoms with Gasteiger partial charge in [-0.3, -0.25) is 10.1 Å². The van der Waals surface area contributed by atoms with E-state index in [1.54, 1.807) is 24.3 Å². The topological polar surface area (TPSA) is 85.9 Å². The third-order valence-corrected chi connectivity index (χ3v) is 3.84. The van der Waals surface area contributed by atoms with Crippen molar-refractivity contribution in [2.75, 3.05) is 25.1 Å². The van der Waals surface area contributed by atoms with Gasteiger partial charge in [0.05, 0.1) is 5.02 Å². The lowest BCUT2D eigenvalue weighted by molar-refractivity contribution is -0.121. The average Bonchev–Trinajstić information content (AvgIpc) is 2.60. The Morgan fingerprint density at radius 1 is 1.04 bits per heavy atom. The predicted molar refractivity (Wildman–Crippen MR) is 96.6 cm³/mol. The quantitative estimate of drug-likeness (QED) is 0.825. The summed E-state index contributed by atoms with van der Waals surface area (Å²) >= 11 is 11.7. The molecule has 0 saturated carbocycles. The van der Waals surface area contributed by atoms with E-state index in [1.807, 2.05) is 0 Å². The van der Waals surface area contributed by atoms with Gasteiger partial charge >= 0.3 is 6.03 Å². The van der Waals surface area contributed by atoms with Gasteiger partial charge in [0, 0.05) is 16.8 Å². The SMILES string of the molecule is O=C(COc1ccc(Cl)cc1Cl)NC(=O)Nc1ccc2c(c1)OCCO2. The van der Waals surface area contributed by atoms with Gasteiger partial charge in [0.25, 0.3) is 5.91 Å². The molecule has 2 aromatic carbocycles. The fourth-order valence-corrected chi connectivity index (χ4v) is 2.64. The summed E-state index contributed by atoms with van der Waals surface area (Å²) in [4.78, 5) is 23.7. The lowest BCUT2D eigenvalue weighted by Gasteiger charge is -2.19. The van der Waals surface area contributed by atoms with Gasteiger partial charge in [-0.2, -0.15) is 0 Å². The molecule has 0 saturated heterocycles. The number of rotatable bonds is 4. The number of fused-ring (bicyclic) bond motifs is 1. The Bertz CT molecular complexity index is 844. The Morgan fingerprint density at radius 3 is 2.58 bits per heavy atom. The van der Waals surface area contributed by atoms with Crippen LogP contribution in [0, 0.1) is 0 Å². The number of carbonyl (C=O) groups is 2. The summed E-state index contributed by atoms with van der Waals surface area (Å²) in [6.07, 6.45) is 0. The van der Waals surface area contributed by atoms with E-state index in [2.05, 4.69) is 10.6 Å². The molecule has 9 heteroatoms. The first-order valence-electron chi connectivity index (χ1n) is 7.59. The fourth-order valence-electron chi connectivity index (χ4n) is 2.18. The Balaban J connectivity index is 1.50. The lowest BCUT2D eigenvalue weighted by Crippen LogP contribution is -2.37. The molecule has 0 spiro atoms. The molecule has 2 aromatic rings. The van der Waals surface area contributed by atoms with E-state index in [0.717, 1.165) is 0 Å². The maximum atomic E-state index is 11.9. The minimum atomic E-state index is -0.697. The van der Waals surface area contributed by atoms with Crippen molar-refractivity contribution in [1.82, 2.24) is 5.32 Å². The Labute approximate surface area is 159 Å². The second-order valence-corrected chi connectivity index (χ2v) is 6.07. The molecule has 3 rings (SSSR count). The van der Waals surface area contributed by atoms with Crippen molar-refractivity contribution in [2.45, 2.75) is 0 Å². The number of amides is 3. The van der Waals surface area contributed by atoms with Crippen molar-refractivity contribution >= 4 is 40.8 Å². The van der Waals surface area contributed by atoms with Crippen LogP contribution >= 0.6 is 23.2 Å². The molecule has 0 atom stereocenters. The maximum absolute atomic E-state index is 11.9. The van der Waals surface area contributed by atoms with Crippen molar-refractivity contribution in [1.29, 1.82) is 0 Å². The fraction of sp³-hybridized carbons (Fsp3) is 0.176. The first kappa shape index (κ1) is 18.2. The second kappa shape index (κ2) is 8.16. The minimum absolute atomic E-state index is 0.269. The number of nitrogens with one attached hydrogen (secondary N) is 2. The standard InChI is InChI=1S/C17H14Cl2N2O5/c18-10-1-3-13(12(19)7-10)26-9-16(22)21-17(23)20-11-2-4-14-15(8-11)25-6-5-24-14/h1-4,7-8H,5-6,9H2,(H2,20,21,22,23). The summed E-state index contributed by atoms with van der Waals surface area (Å²) < 4.78 is 16.1. The molecule has 0 aromatic heterocycles. The van der Waals surface area contributed by atoms with Gasteiger partial charge in [-0.05, 0) is 30.3 Å². The lowest BCUT2D eigenvalue weighted by atomic mass is 10.2. The van der Waals surface area contributed by atoms with E-state index in [9.17, 15) is 9.59 Å². The van der Waals surface area contributed by atoms with E-state index >= 15 is 0 Å². The Kier molecular flexibility index (Phi) is 5.70. The molecule has 136 valence electrons. The van der Waals surface area contributed by atoms with Crippen LogP contribution in [0.25, 0.3) is 0 Å². The third-order valence-electron chi connectivity index (χ3n) is 3.31. The van der Waals surface area contributed by atoms with Gasteiger partial charge in [-0.25, -0.2) is 4.79 Å². The van der Waals surface area contributed by atoms with Crippen LogP contribution in [0.3, 0.4) is 0 Å². The summed E-state index contributed by atoms with van der Waals surface area (Å²) in [5.41, 5.74) is 0.459. The van der Waals surface area contributed by atoms with Crippen molar-refractivity contribution in [3.8, 4) is 17.2 Å². The molecular weight excluding hydrogens is 383 g/mol.